The van der Waals surface area contributed by atoms with Crippen LogP contribution in [0.3, 0.4) is 0 Å². The molecule has 0 unspecified atom stereocenters. The third-order valence-corrected chi connectivity index (χ3v) is 2.91. The normalized spacial score (nSPS) is 12.4. The van der Waals surface area contributed by atoms with E-state index in [0.717, 1.165) is 5.57 Å². The fourth-order valence-electron chi connectivity index (χ4n) is 1.10. The molecule has 0 saturated heterocycles. The molecule has 15 heavy (non-hydrogen) atoms. The SMILES string of the molecule is C=C/C(=C(\C=C)S(C)(=O)=O)C(C)C.CC. The summed E-state index contributed by atoms with van der Waals surface area (Å²) in [6, 6.07) is 0. The second-order valence-electron chi connectivity index (χ2n) is 3.15. The Hall–Kier alpha value is -0.830. The predicted molar refractivity (Wildman–Crippen MR) is 68.4 cm³/mol. The van der Waals surface area contributed by atoms with E-state index in [-0.39, 0.29) is 10.8 Å². The van der Waals surface area contributed by atoms with Gasteiger partial charge in [-0.05, 0) is 11.5 Å². The zero-order chi connectivity index (χ0) is 12.6. The van der Waals surface area contributed by atoms with Crippen molar-refractivity contribution in [3.8, 4) is 0 Å². The van der Waals surface area contributed by atoms with Gasteiger partial charge in [-0.3, -0.25) is 0 Å². The lowest BCUT2D eigenvalue weighted by atomic mass is 10.0. The summed E-state index contributed by atoms with van der Waals surface area (Å²) < 4.78 is 22.6. The van der Waals surface area contributed by atoms with Crippen molar-refractivity contribution in [1.29, 1.82) is 0 Å². The van der Waals surface area contributed by atoms with E-state index in [9.17, 15) is 8.42 Å². The Bertz CT molecular complexity index is 333. The van der Waals surface area contributed by atoms with Crippen LogP contribution < -0.4 is 0 Å². The summed E-state index contributed by atoms with van der Waals surface area (Å²) in [5, 5.41) is 0. The minimum absolute atomic E-state index is 0.139. The fraction of sp³-hybridized carbons (Fsp3) is 0.500. The number of hydrogen-bond donors (Lipinski definition) is 0. The largest absolute Gasteiger partial charge is 0.224 e. The van der Waals surface area contributed by atoms with Gasteiger partial charge in [0.25, 0.3) is 0 Å². The van der Waals surface area contributed by atoms with E-state index in [1.165, 1.54) is 12.3 Å². The van der Waals surface area contributed by atoms with E-state index >= 15 is 0 Å². The molecule has 0 aliphatic carbocycles. The summed E-state index contributed by atoms with van der Waals surface area (Å²) >= 11 is 0. The van der Waals surface area contributed by atoms with Gasteiger partial charge in [0.05, 0.1) is 4.91 Å². The zero-order valence-electron chi connectivity index (χ0n) is 10.4. The number of allylic oxidation sites excluding steroid dienone is 3. The summed E-state index contributed by atoms with van der Waals surface area (Å²) in [7, 11) is -3.18. The van der Waals surface area contributed by atoms with E-state index in [2.05, 4.69) is 13.2 Å². The molecule has 0 aromatic carbocycles. The molecule has 0 saturated carbocycles. The molecule has 0 amide bonds. The molecule has 0 atom stereocenters. The van der Waals surface area contributed by atoms with Crippen molar-refractivity contribution < 1.29 is 8.42 Å². The van der Waals surface area contributed by atoms with E-state index < -0.39 is 9.84 Å². The van der Waals surface area contributed by atoms with Crippen molar-refractivity contribution in [1.82, 2.24) is 0 Å². The van der Waals surface area contributed by atoms with Crippen molar-refractivity contribution in [3.63, 3.8) is 0 Å². The second-order valence-corrected chi connectivity index (χ2v) is 5.14. The first-order valence-corrected chi connectivity index (χ1v) is 6.92. The summed E-state index contributed by atoms with van der Waals surface area (Å²) in [4.78, 5) is 0.275. The van der Waals surface area contributed by atoms with Gasteiger partial charge < -0.3 is 0 Å². The van der Waals surface area contributed by atoms with Crippen molar-refractivity contribution in [3.05, 3.63) is 35.8 Å². The highest BCUT2D eigenvalue weighted by atomic mass is 32.2. The van der Waals surface area contributed by atoms with Gasteiger partial charge in [-0.1, -0.05) is 53.0 Å². The summed E-state index contributed by atoms with van der Waals surface area (Å²) in [6.45, 7) is 14.9. The highest BCUT2D eigenvalue weighted by Crippen LogP contribution is 2.20. The molecule has 3 heteroatoms. The third-order valence-electron chi connectivity index (χ3n) is 1.71. The molecule has 0 N–H and O–H groups in total. The molecule has 0 heterocycles. The van der Waals surface area contributed by atoms with Crippen LogP contribution in [0.4, 0.5) is 0 Å². The monoisotopic (exact) mass is 230 g/mol. The lowest BCUT2D eigenvalue weighted by Gasteiger charge is -2.10. The highest BCUT2D eigenvalue weighted by Gasteiger charge is 2.14. The van der Waals surface area contributed by atoms with Crippen LogP contribution in [0.1, 0.15) is 27.7 Å². The Labute approximate surface area is 94.3 Å². The molecule has 0 bridgehead atoms. The van der Waals surface area contributed by atoms with Gasteiger partial charge in [0.1, 0.15) is 0 Å². The van der Waals surface area contributed by atoms with Gasteiger partial charge >= 0.3 is 0 Å². The van der Waals surface area contributed by atoms with E-state index in [4.69, 9.17) is 0 Å². The van der Waals surface area contributed by atoms with Crippen molar-refractivity contribution in [2.45, 2.75) is 27.7 Å². The summed E-state index contributed by atoms with van der Waals surface area (Å²) in [5.41, 5.74) is 0.720. The molecule has 0 rings (SSSR count). The first-order chi connectivity index (χ1) is 6.84. The van der Waals surface area contributed by atoms with E-state index in [1.807, 2.05) is 27.7 Å². The van der Waals surface area contributed by atoms with Crippen LogP contribution >= 0.6 is 0 Å². The van der Waals surface area contributed by atoms with Gasteiger partial charge in [0.2, 0.25) is 0 Å². The summed E-state index contributed by atoms with van der Waals surface area (Å²) in [6.07, 6.45) is 4.12. The Morgan fingerprint density at radius 2 is 1.53 bits per heavy atom. The third kappa shape index (κ3) is 5.57. The highest BCUT2D eigenvalue weighted by molar-refractivity contribution is 7.94. The second kappa shape index (κ2) is 7.46. The minimum atomic E-state index is -3.18. The van der Waals surface area contributed by atoms with Crippen LogP contribution in [0.25, 0.3) is 0 Å². The fourth-order valence-corrected chi connectivity index (χ4v) is 2.15. The molecular formula is C12H22O2S. The molecule has 88 valence electrons. The first-order valence-electron chi connectivity index (χ1n) is 5.03. The molecule has 0 aromatic rings. The summed E-state index contributed by atoms with van der Waals surface area (Å²) in [5.74, 6) is 0.139. The van der Waals surface area contributed by atoms with Crippen molar-refractivity contribution in [2.24, 2.45) is 5.92 Å². The average molecular weight is 230 g/mol. The van der Waals surface area contributed by atoms with Crippen LogP contribution in [-0.4, -0.2) is 14.7 Å². The van der Waals surface area contributed by atoms with Gasteiger partial charge in [-0.15, -0.1) is 0 Å². The van der Waals surface area contributed by atoms with Crippen molar-refractivity contribution in [2.75, 3.05) is 6.26 Å². The molecule has 0 fully saturated rings. The van der Waals surface area contributed by atoms with Gasteiger partial charge in [-0.2, -0.15) is 0 Å². The molecule has 0 aliphatic heterocycles. The maximum absolute atomic E-state index is 11.3. The standard InChI is InChI=1S/C10H16O2S.C2H6/c1-6-9(8(3)4)10(7-2)13(5,11)12;1-2/h6-8H,1-2H2,3-5H3;1-2H3/b10-9-;. The average Bonchev–Trinajstić information content (AvgIpc) is 2.14. The molecular weight excluding hydrogens is 208 g/mol. The topological polar surface area (TPSA) is 34.1 Å². The molecule has 0 aliphatic rings. The number of hydrogen-bond acceptors (Lipinski definition) is 2. The number of sulfone groups is 1. The van der Waals surface area contributed by atoms with Crippen LogP contribution in [0.5, 0.6) is 0 Å². The van der Waals surface area contributed by atoms with Gasteiger partial charge in [0.15, 0.2) is 9.84 Å². The quantitative estimate of drug-likeness (QED) is 0.694. The first kappa shape index (κ1) is 16.6. The van der Waals surface area contributed by atoms with Crippen LogP contribution in [-0.2, 0) is 9.84 Å². The van der Waals surface area contributed by atoms with Crippen LogP contribution in [0.2, 0.25) is 0 Å². The van der Waals surface area contributed by atoms with E-state index in [0.29, 0.717) is 0 Å². The molecule has 0 spiro atoms. The predicted octanol–water partition coefficient (Wildman–Crippen LogP) is 3.34. The van der Waals surface area contributed by atoms with E-state index in [1.54, 1.807) is 6.08 Å². The Kier molecular flexibility index (Phi) is 8.25. The Morgan fingerprint density at radius 3 is 1.60 bits per heavy atom. The smallest absolute Gasteiger partial charge is 0.175 e. The lowest BCUT2D eigenvalue weighted by Crippen LogP contribution is -2.05. The maximum atomic E-state index is 11.3. The lowest BCUT2D eigenvalue weighted by molar-refractivity contribution is 0.607. The Morgan fingerprint density at radius 1 is 1.13 bits per heavy atom. The molecule has 0 radical (unpaired) electrons. The molecule has 2 nitrogen and oxygen atoms in total. The van der Waals surface area contributed by atoms with Gasteiger partial charge in [-0.25, -0.2) is 8.42 Å². The Balaban J connectivity index is 0. The number of rotatable bonds is 4. The van der Waals surface area contributed by atoms with Crippen LogP contribution in [0.15, 0.2) is 35.8 Å². The maximum Gasteiger partial charge on any atom is 0.175 e. The zero-order valence-corrected chi connectivity index (χ0v) is 11.2. The van der Waals surface area contributed by atoms with Gasteiger partial charge in [0, 0.05) is 6.26 Å². The van der Waals surface area contributed by atoms with Crippen molar-refractivity contribution >= 4 is 9.84 Å². The minimum Gasteiger partial charge on any atom is -0.224 e. The van der Waals surface area contributed by atoms with Crippen LogP contribution in [0, 0.1) is 5.92 Å². The molecule has 0 aromatic heterocycles.